The van der Waals surface area contributed by atoms with Crippen molar-refractivity contribution in [2.45, 2.75) is 25.8 Å². The van der Waals surface area contributed by atoms with E-state index in [1.54, 1.807) is 0 Å². The molecule has 94 valence electrons. The molecule has 1 fully saturated rings. The maximum Gasteiger partial charge on any atom is 0.261 e. The fourth-order valence-corrected chi connectivity index (χ4v) is 3.34. The van der Waals surface area contributed by atoms with E-state index in [2.05, 4.69) is 28.2 Å². The van der Waals surface area contributed by atoms with Gasteiger partial charge in [0, 0.05) is 19.3 Å². The van der Waals surface area contributed by atoms with Crippen LogP contribution in [0.5, 0.6) is 0 Å². The second-order valence-corrected chi connectivity index (χ2v) is 6.78. The van der Waals surface area contributed by atoms with Gasteiger partial charge in [-0.25, -0.2) is 0 Å². The molecule has 0 saturated carbocycles. The summed E-state index contributed by atoms with van der Waals surface area (Å²) >= 11 is 4.83. The summed E-state index contributed by atoms with van der Waals surface area (Å²) in [5, 5.41) is 3.07. The topological polar surface area (TPSA) is 38.3 Å². The van der Waals surface area contributed by atoms with E-state index in [1.165, 1.54) is 11.3 Å². The molecule has 1 saturated heterocycles. The molecule has 1 atom stereocenters. The Hall–Kier alpha value is -0.390. The van der Waals surface area contributed by atoms with Gasteiger partial charge in [-0.15, -0.1) is 11.3 Å². The predicted octanol–water partition coefficient (Wildman–Crippen LogP) is 3.06. The number of carbonyl (C=O) groups is 1. The second kappa shape index (κ2) is 5.98. The summed E-state index contributed by atoms with van der Waals surface area (Å²) in [4.78, 5) is 12.7. The van der Waals surface area contributed by atoms with Crippen LogP contribution in [0.1, 0.15) is 29.4 Å². The minimum absolute atomic E-state index is 0.0275. The number of carbonyl (C=O) groups excluding carboxylic acids is 1. The van der Waals surface area contributed by atoms with Crippen LogP contribution in [0, 0.1) is 5.92 Å². The minimum atomic E-state index is 0.0275. The molecule has 1 unspecified atom stereocenters. The molecule has 0 aliphatic carbocycles. The zero-order valence-electron chi connectivity index (χ0n) is 9.74. The molecule has 3 nitrogen and oxygen atoms in total. The largest absolute Gasteiger partial charge is 0.381 e. The van der Waals surface area contributed by atoms with Gasteiger partial charge in [-0.1, -0.05) is 0 Å². The van der Waals surface area contributed by atoms with Crippen LogP contribution in [0.3, 0.4) is 0 Å². The van der Waals surface area contributed by atoms with Crippen molar-refractivity contribution in [2.75, 3.05) is 13.2 Å². The molecule has 1 N–H and O–H groups in total. The number of amides is 1. The summed E-state index contributed by atoms with van der Waals surface area (Å²) in [5.74, 6) is 0.566. The lowest BCUT2D eigenvalue weighted by Crippen LogP contribution is -2.40. The van der Waals surface area contributed by atoms with E-state index < -0.39 is 0 Å². The minimum Gasteiger partial charge on any atom is -0.381 e. The van der Waals surface area contributed by atoms with Gasteiger partial charge in [0.05, 0.1) is 8.66 Å². The number of thiophene rings is 1. The summed E-state index contributed by atoms with van der Waals surface area (Å²) < 4.78 is 6.31. The van der Waals surface area contributed by atoms with Crippen LogP contribution in [0.15, 0.2) is 15.9 Å². The summed E-state index contributed by atoms with van der Waals surface area (Å²) in [7, 11) is 0. The third-order valence-electron chi connectivity index (χ3n) is 3.13. The molecule has 1 aromatic heterocycles. The van der Waals surface area contributed by atoms with E-state index in [0.29, 0.717) is 5.92 Å². The fraction of sp³-hybridized carbons (Fsp3) is 0.583. The fourth-order valence-electron chi connectivity index (χ4n) is 2.05. The molecule has 0 spiro atoms. The zero-order valence-corrected chi connectivity index (χ0v) is 12.1. The van der Waals surface area contributed by atoms with Gasteiger partial charge >= 0.3 is 0 Å². The monoisotopic (exact) mass is 317 g/mol. The van der Waals surface area contributed by atoms with Crippen LogP contribution >= 0.6 is 27.3 Å². The van der Waals surface area contributed by atoms with Gasteiger partial charge < -0.3 is 10.1 Å². The molecule has 0 aromatic carbocycles. The highest BCUT2D eigenvalue weighted by Gasteiger charge is 2.22. The molecular weight excluding hydrogens is 302 g/mol. The lowest BCUT2D eigenvalue weighted by molar-refractivity contribution is 0.0539. The summed E-state index contributed by atoms with van der Waals surface area (Å²) in [6, 6.07) is 3.96. The number of rotatable bonds is 3. The van der Waals surface area contributed by atoms with E-state index in [-0.39, 0.29) is 11.9 Å². The van der Waals surface area contributed by atoms with Gasteiger partial charge in [0.2, 0.25) is 0 Å². The first kappa shape index (κ1) is 13.1. The summed E-state index contributed by atoms with van der Waals surface area (Å²) in [6.45, 7) is 3.71. The quantitative estimate of drug-likeness (QED) is 0.930. The van der Waals surface area contributed by atoms with E-state index >= 15 is 0 Å². The SMILES string of the molecule is CC(NC(=O)c1ccc(Br)s1)C1CCOCC1. The van der Waals surface area contributed by atoms with Crippen LogP contribution in [-0.2, 0) is 4.74 Å². The van der Waals surface area contributed by atoms with Crippen LogP contribution in [-0.4, -0.2) is 25.2 Å². The van der Waals surface area contributed by atoms with Gasteiger partial charge in [-0.05, 0) is 53.7 Å². The Labute approximate surface area is 114 Å². The first-order valence-electron chi connectivity index (χ1n) is 5.81. The highest BCUT2D eigenvalue weighted by molar-refractivity contribution is 9.11. The van der Waals surface area contributed by atoms with E-state index in [9.17, 15) is 4.79 Å². The van der Waals surface area contributed by atoms with Crippen LogP contribution in [0.4, 0.5) is 0 Å². The van der Waals surface area contributed by atoms with Gasteiger partial charge in [0.25, 0.3) is 5.91 Å². The second-order valence-electron chi connectivity index (χ2n) is 4.32. The molecule has 1 amide bonds. The van der Waals surface area contributed by atoms with Gasteiger partial charge in [0.15, 0.2) is 0 Å². The first-order chi connectivity index (χ1) is 8.16. The van der Waals surface area contributed by atoms with Crippen molar-refractivity contribution in [1.29, 1.82) is 0 Å². The Kier molecular flexibility index (Phi) is 4.59. The molecule has 17 heavy (non-hydrogen) atoms. The number of halogens is 1. The maximum absolute atomic E-state index is 12.0. The third-order valence-corrected chi connectivity index (χ3v) is 4.75. The lowest BCUT2D eigenvalue weighted by atomic mass is 9.93. The maximum atomic E-state index is 12.0. The Morgan fingerprint density at radius 2 is 2.24 bits per heavy atom. The van der Waals surface area contributed by atoms with E-state index in [4.69, 9.17) is 4.74 Å². The van der Waals surface area contributed by atoms with Crippen LogP contribution in [0.2, 0.25) is 0 Å². The van der Waals surface area contributed by atoms with Gasteiger partial charge in [-0.2, -0.15) is 0 Å². The van der Waals surface area contributed by atoms with E-state index in [0.717, 1.165) is 34.7 Å². The summed E-state index contributed by atoms with van der Waals surface area (Å²) in [6.07, 6.45) is 2.07. The van der Waals surface area contributed by atoms with Crippen molar-refractivity contribution in [1.82, 2.24) is 5.32 Å². The Bertz CT molecular complexity index is 388. The number of nitrogens with one attached hydrogen (secondary N) is 1. The first-order valence-corrected chi connectivity index (χ1v) is 7.41. The van der Waals surface area contributed by atoms with Crippen molar-refractivity contribution in [2.24, 2.45) is 5.92 Å². The van der Waals surface area contributed by atoms with Gasteiger partial charge in [-0.3, -0.25) is 4.79 Å². The highest BCUT2D eigenvalue weighted by atomic mass is 79.9. The third kappa shape index (κ3) is 3.53. The standard InChI is InChI=1S/C12H16BrNO2S/c1-8(9-4-6-16-7-5-9)14-12(15)10-2-3-11(13)17-10/h2-3,8-9H,4-7H2,1H3,(H,14,15). The molecule has 5 heteroatoms. The number of hydrogen-bond acceptors (Lipinski definition) is 3. The van der Waals surface area contributed by atoms with Crippen molar-refractivity contribution >= 4 is 33.2 Å². The molecule has 0 radical (unpaired) electrons. The molecule has 0 bridgehead atoms. The predicted molar refractivity (Wildman–Crippen MR) is 72.5 cm³/mol. The smallest absolute Gasteiger partial charge is 0.261 e. The van der Waals surface area contributed by atoms with Crippen molar-refractivity contribution in [3.63, 3.8) is 0 Å². The number of ether oxygens (including phenoxy) is 1. The molecular formula is C12H16BrNO2S. The van der Waals surface area contributed by atoms with Crippen molar-refractivity contribution in [3.8, 4) is 0 Å². The molecule has 1 aliphatic heterocycles. The number of hydrogen-bond donors (Lipinski definition) is 1. The Morgan fingerprint density at radius 1 is 1.53 bits per heavy atom. The van der Waals surface area contributed by atoms with E-state index in [1.807, 2.05) is 12.1 Å². The zero-order chi connectivity index (χ0) is 12.3. The summed E-state index contributed by atoms with van der Waals surface area (Å²) in [5.41, 5.74) is 0. The van der Waals surface area contributed by atoms with Crippen molar-refractivity contribution < 1.29 is 9.53 Å². The van der Waals surface area contributed by atoms with Crippen LogP contribution < -0.4 is 5.32 Å². The Balaban J connectivity index is 1.89. The van der Waals surface area contributed by atoms with Crippen molar-refractivity contribution in [3.05, 3.63) is 20.8 Å². The molecule has 1 aliphatic rings. The molecule has 1 aromatic rings. The average molecular weight is 318 g/mol. The van der Waals surface area contributed by atoms with Crippen LogP contribution in [0.25, 0.3) is 0 Å². The molecule has 2 rings (SSSR count). The highest BCUT2D eigenvalue weighted by Crippen LogP contribution is 2.23. The molecule has 2 heterocycles. The lowest BCUT2D eigenvalue weighted by Gasteiger charge is -2.28. The Morgan fingerprint density at radius 3 is 2.82 bits per heavy atom. The normalized spacial score (nSPS) is 18.9. The van der Waals surface area contributed by atoms with Gasteiger partial charge in [0.1, 0.15) is 0 Å². The average Bonchev–Trinajstić information content (AvgIpc) is 2.77.